The highest BCUT2D eigenvalue weighted by atomic mass is 19.2. The molecule has 0 atom stereocenters. The summed E-state index contributed by atoms with van der Waals surface area (Å²) in [4.78, 5) is 28.2. The van der Waals surface area contributed by atoms with Crippen LogP contribution >= 0.6 is 0 Å². The third-order valence-electron chi connectivity index (χ3n) is 26.5. The highest BCUT2D eigenvalue weighted by molar-refractivity contribution is 6.16. The first-order valence-corrected chi connectivity index (χ1v) is 44.5. The Bertz CT molecular complexity index is 9540. The van der Waals surface area contributed by atoms with Crippen LogP contribution in [0.2, 0.25) is 0 Å². The summed E-state index contributed by atoms with van der Waals surface area (Å²) in [6, 6.07) is 116. The first-order chi connectivity index (χ1) is 67.0. The first kappa shape index (κ1) is 77.6. The van der Waals surface area contributed by atoms with Crippen LogP contribution in [0.25, 0.3) is 286 Å². The van der Waals surface area contributed by atoms with Gasteiger partial charge in [0, 0.05) is 179 Å². The third-order valence-corrected chi connectivity index (χ3v) is 26.5. The molecule has 12 heterocycles. The number of fused-ring (bicyclic) bond motifs is 27. The summed E-state index contributed by atoms with van der Waals surface area (Å²) in [7, 11) is 0. The van der Waals surface area contributed by atoms with Gasteiger partial charge in [-0.3, -0.25) is 29.9 Å². The first-order valence-electron chi connectivity index (χ1n) is 44.5. The molecule has 0 spiro atoms. The Labute approximate surface area is 767 Å². The normalized spacial score (nSPS) is 12.0. The summed E-state index contributed by atoms with van der Waals surface area (Å²) >= 11 is 0. The van der Waals surface area contributed by atoms with Gasteiger partial charge in [-0.15, -0.1) is 0 Å². The maximum Gasteiger partial charge on any atom is 0.169 e. The van der Waals surface area contributed by atoms with Crippen molar-refractivity contribution in [2.24, 2.45) is 0 Å². The number of hydrogen-bond acceptors (Lipinski definition) is 12. The molecule has 0 N–H and O–H groups in total. The van der Waals surface area contributed by atoms with Crippen molar-refractivity contribution in [3.05, 3.63) is 412 Å². The molecule has 0 amide bonds. The van der Waals surface area contributed by atoms with Gasteiger partial charge in [0.2, 0.25) is 0 Å². The van der Waals surface area contributed by atoms with E-state index < -0.39 is 23.3 Å². The predicted octanol–water partition coefficient (Wildman–Crippen LogP) is 33.6. The minimum absolute atomic E-state index is 0.0604. The molecule has 0 aliphatic rings. The molecular weight excluding hydrogens is 1700 g/mol. The van der Waals surface area contributed by atoms with Gasteiger partial charge >= 0.3 is 0 Å². The van der Waals surface area contributed by atoms with Crippen molar-refractivity contribution in [3.8, 4) is 89.0 Å². The maximum atomic E-state index is 15.7. The molecule has 0 saturated heterocycles. The lowest BCUT2D eigenvalue weighted by Crippen LogP contribution is -1.96. The number of pyridine rings is 6. The van der Waals surface area contributed by atoms with Gasteiger partial charge in [-0.2, -0.15) is 0 Å². The molecule has 12 aromatic heterocycles. The molecular formula is C120H64F4N6O6. The van der Waals surface area contributed by atoms with Crippen molar-refractivity contribution in [2.75, 3.05) is 0 Å². The predicted molar refractivity (Wildman–Crippen MR) is 538 cm³/mol. The van der Waals surface area contributed by atoms with E-state index in [4.69, 9.17) is 36.5 Å². The quantitative estimate of drug-likeness (QED) is 0.105. The average molecular weight is 1760 g/mol. The van der Waals surface area contributed by atoms with Crippen LogP contribution in [-0.4, -0.2) is 29.9 Å². The number of benzene rings is 17. The zero-order valence-electron chi connectivity index (χ0n) is 71.6. The molecule has 16 heteroatoms. The second-order valence-corrected chi connectivity index (χ2v) is 34.3. The standard InChI is InChI=1S/C48H28N2O2.2C36H18F2N2O2/c1-3-7-43-39(5-1)41-25-33(19-21-45(41)51-43)29-9-13-31(14-10-29)37-23-35-17-18-36-24-38(28-50-48(36)47(35)49-27-37)32-15-11-30(12-16-32)34-20-22-46-42(26-34)40-6-2-4-8-44(40)52-46;37-31-27-15-19(21-9-5-11-25-23-7-1-3-13-29(23)41-35(21)25)17-39-33(27)34-28(32(31)38)16-20(18-40-34)22-10-6-12-26-24-8-2-4-14-30(24)42-36(22)26;37-33-27-15-21(19-9-11-31-25(13-19)23-5-1-3-7-29(23)41-31)17-39-35(27)36-28(34(33)38)16-22(18-40-36)20-10-12-32-26(14-20)24-6-2-4-8-30(24)42-32/h1-28H;2*1-18H. The number of halogens is 4. The Morgan fingerprint density at radius 3 is 0.669 bits per heavy atom. The molecule has 17 aromatic carbocycles. The van der Waals surface area contributed by atoms with E-state index in [1.54, 1.807) is 49.1 Å². The molecule has 0 aliphatic heterocycles. The van der Waals surface area contributed by atoms with Crippen LogP contribution in [0.1, 0.15) is 0 Å². The van der Waals surface area contributed by atoms with E-state index in [2.05, 4.69) is 153 Å². The van der Waals surface area contributed by atoms with Gasteiger partial charge in [-0.25, -0.2) is 17.6 Å². The monoisotopic (exact) mass is 1760 g/mol. The SMILES string of the molecule is Fc1c(F)c2cc(-c3ccc4oc5ccccc5c4c3)cnc2c2ncc(-c3ccc4oc5ccccc5c4c3)cc12.Fc1c(F)c2cc(-c3cccc4c3oc3ccccc34)cnc2c2ncc(-c3cccc4c3oc3ccccc34)cc12.c1ccc2c(c1)oc1ccc(-c3ccc(-c4cnc5c(ccc6cc(-c7ccc(-c8ccc9oc%10ccccc%10c9c8)cc7)cnc65)c4)cc3)cc12. The van der Waals surface area contributed by atoms with Gasteiger partial charge < -0.3 is 26.5 Å². The number of rotatable bonds is 8. The largest absolute Gasteiger partial charge is 0.456 e. The molecule has 0 unspecified atom stereocenters. The second kappa shape index (κ2) is 30.7. The zero-order chi connectivity index (χ0) is 90.1. The number of aromatic nitrogens is 6. The summed E-state index contributed by atoms with van der Waals surface area (Å²) in [5.41, 5.74) is 27.4. The van der Waals surface area contributed by atoms with Gasteiger partial charge in [0.15, 0.2) is 23.3 Å². The Morgan fingerprint density at radius 1 is 0.147 bits per heavy atom. The number of nitrogens with zero attached hydrogens (tertiary/aromatic N) is 6. The van der Waals surface area contributed by atoms with Crippen molar-refractivity contribution in [3.63, 3.8) is 0 Å². The van der Waals surface area contributed by atoms with Crippen LogP contribution in [0.5, 0.6) is 0 Å². The van der Waals surface area contributed by atoms with Crippen LogP contribution in [0, 0.1) is 23.3 Å². The third kappa shape index (κ3) is 12.7. The molecule has 0 fully saturated rings. The van der Waals surface area contributed by atoms with Gasteiger partial charge in [0.1, 0.15) is 67.0 Å². The summed E-state index contributed by atoms with van der Waals surface area (Å²) in [6.45, 7) is 0. The molecule has 12 nitrogen and oxygen atoms in total. The van der Waals surface area contributed by atoms with Gasteiger partial charge in [-0.1, -0.05) is 231 Å². The molecule has 29 aromatic rings. The van der Waals surface area contributed by atoms with Crippen LogP contribution in [-0.2, 0) is 0 Å². The van der Waals surface area contributed by atoms with E-state index in [0.717, 1.165) is 209 Å². The highest BCUT2D eigenvalue weighted by Gasteiger charge is 2.25. The Morgan fingerprint density at radius 2 is 0.360 bits per heavy atom. The van der Waals surface area contributed by atoms with Crippen LogP contribution in [0.15, 0.2) is 416 Å². The van der Waals surface area contributed by atoms with Crippen molar-refractivity contribution < 1.29 is 44.1 Å². The molecule has 0 aliphatic carbocycles. The summed E-state index contributed by atoms with van der Waals surface area (Å²) in [6.07, 6.45) is 10.6. The molecule has 638 valence electrons. The molecule has 0 bridgehead atoms. The summed E-state index contributed by atoms with van der Waals surface area (Å²) < 4.78 is 99.0. The topological polar surface area (TPSA) is 156 Å². The molecule has 0 radical (unpaired) electrons. The van der Waals surface area contributed by atoms with Gasteiger partial charge in [0.25, 0.3) is 0 Å². The minimum atomic E-state index is -0.968. The number of furan rings is 6. The molecule has 29 rings (SSSR count). The average Bonchev–Trinajstić information content (AvgIpc) is 1.02. The van der Waals surface area contributed by atoms with Crippen molar-refractivity contribution >= 4 is 197 Å². The van der Waals surface area contributed by atoms with Crippen LogP contribution < -0.4 is 0 Å². The molecule has 136 heavy (non-hydrogen) atoms. The fourth-order valence-corrected chi connectivity index (χ4v) is 19.8. The lowest BCUT2D eigenvalue weighted by molar-refractivity contribution is 0.525. The Hall–Kier alpha value is -18.3. The van der Waals surface area contributed by atoms with E-state index >= 15 is 17.6 Å². The highest BCUT2D eigenvalue weighted by Crippen LogP contribution is 2.46. The van der Waals surface area contributed by atoms with Crippen molar-refractivity contribution in [1.82, 2.24) is 29.9 Å². The van der Waals surface area contributed by atoms with Crippen molar-refractivity contribution in [2.45, 2.75) is 0 Å². The van der Waals surface area contributed by atoms with Crippen LogP contribution in [0.3, 0.4) is 0 Å². The maximum absolute atomic E-state index is 15.7. The molecule has 0 saturated carbocycles. The lowest BCUT2D eigenvalue weighted by Gasteiger charge is -2.10. The fraction of sp³-hybridized carbons (Fsp3) is 0. The minimum Gasteiger partial charge on any atom is -0.456 e. The smallest absolute Gasteiger partial charge is 0.169 e. The van der Waals surface area contributed by atoms with E-state index in [9.17, 15) is 0 Å². The number of hydrogen-bond donors (Lipinski definition) is 0. The van der Waals surface area contributed by atoms with Crippen molar-refractivity contribution in [1.29, 1.82) is 0 Å². The van der Waals surface area contributed by atoms with Gasteiger partial charge in [-0.05, 0) is 166 Å². The summed E-state index contributed by atoms with van der Waals surface area (Å²) in [5, 5.41) is 14.7. The van der Waals surface area contributed by atoms with Crippen LogP contribution in [0.4, 0.5) is 17.6 Å². The van der Waals surface area contributed by atoms with E-state index in [1.165, 1.54) is 0 Å². The summed E-state index contributed by atoms with van der Waals surface area (Å²) in [5.74, 6) is -3.83. The van der Waals surface area contributed by atoms with E-state index in [1.807, 2.05) is 207 Å². The lowest BCUT2D eigenvalue weighted by atomic mass is 9.98. The fourth-order valence-electron chi connectivity index (χ4n) is 19.8. The number of para-hydroxylation sites is 8. The Kier molecular flexibility index (Phi) is 17.5. The Balaban J connectivity index is 0.000000104. The van der Waals surface area contributed by atoms with E-state index in [-0.39, 0.29) is 32.6 Å². The van der Waals surface area contributed by atoms with E-state index in [0.29, 0.717) is 44.5 Å². The zero-order valence-corrected chi connectivity index (χ0v) is 71.6. The van der Waals surface area contributed by atoms with Gasteiger partial charge in [0.05, 0.1) is 33.1 Å². The second-order valence-electron chi connectivity index (χ2n) is 34.3.